The minimum Gasteiger partial charge on any atom is -0.363 e. The molecule has 18 heavy (non-hydrogen) atoms. The summed E-state index contributed by atoms with van der Waals surface area (Å²) in [6, 6.07) is 0.171. The molecule has 2 rings (SSSR count). The summed E-state index contributed by atoms with van der Waals surface area (Å²) in [5.74, 6) is -0.298. The van der Waals surface area contributed by atoms with E-state index in [2.05, 4.69) is 48.3 Å². The molecule has 0 bridgehead atoms. The molecule has 1 aliphatic rings. The molecule has 1 fully saturated rings. The van der Waals surface area contributed by atoms with Crippen LogP contribution < -0.4 is 10.6 Å². The van der Waals surface area contributed by atoms with Gasteiger partial charge >= 0.3 is 0 Å². The number of nitrogens with one attached hydrogen (secondary N) is 3. The van der Waals surface area contributed by atoms with Gasteiger partial charge in [0, 0.05) is 17.1 Å². The van der Waals surface area contributed by atoms with Crippen molar-refractivity contribution in [2.75, 3.05) is 5.32 Å². The van der Waals surface area contributed by atoms with Crippen LogP contribution in [0, 0.1) is 5.95 Å². The van der Waals surface area contributed by atoms with Gasteiger partial charge in [-0.15, -0.1) is 0 Å². The van der Waals surface area contributed by atoms with Crippen molar-refractivity contribution in [1.29, 1.82) is 0 Å². The van der Waals surface area contributed by atoms with E-state index in [1.54, 1.807) is 0 Å². The number of imidazole rings is 1. The molecule has 1 aliphatic heterocycles. The van der Waals surface area contributed by atoms with Crippen molar-refractivity contribution in [2.45, 2.75) is 57.7 Å². The molecular weight excluding hydrogens is 255 g/mol. The first-order valence-electron chi connectivity index (χ1n) is 6.14. The highest BCUT2D eigenvalue weighted by atomic mass is 35.5. The van der Waals surface area contributed by atoms with Gasteiger partial charge in [-0.2, -0.15) is 9.37 Å². The molecule has 1 aromatic heterocycles. The quantitative estimate of drug-likeness (QED) is 0.777. The summed E-state index contributed by atoms with van der Waals surface area (Å²) >= 11 is 5.64. The fraction of sp³-hybridized carbons (Fsp3) is 0.750. The Balaban J connectivity index is 2.12. The Hall–Kier alpha value is -0.810. The third kappa shape index (κ3) is 3.14. The Morgan fingerprint density at radius 2 is 1.83 bits per heavy atom. The number of aromatic nitrogens is 2. The molecule has 0 amide bonds. The first kappa shape index (κ1) is 13.6. The molecule has 0 aromatic carbocycles. The maximum atomic E-state index is 13.5. The van der Waals surface area contributed by atoms with E-state index in [0.29, 0.717) is 0 Å². The van der Waals surface area contributed by atoms with Crippen molar-refractivity contribution in [1.82, 2.24) is 15.3 Å². The summed E-state index contributed by atoms with van der Waals surface area (Å²) in [4.78, 5) is 6.25. The van der Waals surface area contributed by atoms with Crippen LogP contribution in [0.25, 0.3) is 0 Å². The standard InChI is InChI=1S/C12H20ClFN4/c1-11(2)5-7(6-12(3,4)18-11)15-9-8(14)16-10(13)17-9/h7,15,18H,5-6H2,1-4H3,(H,16,17). The Kier molecular flexibility index (Phi) is 3.32. The van der Waals surface area contributed by atoms with Crippen LogP contribution in [0.15, 0.2) is 0 Å². The van der Waals surface area contributed by atoms with E-state index >= 15 is 0 Å². The number of hydrogen-bond acceptors (Lipinski definition) is 3. The Morgan fingerprint density at radius 1 is 1.28 bits per heavy atom. The molecule has 0 spiro atoms. The second-order valence-corrected chi connectivity index (χ2v) is 6.69. The van der Waals surface area contributed by atoms with Crippen LogP contribution in [0.1, 0.15) is 40.5 Å². The molecule has 0 radical (unpaired) electrons. The summed E-state index contributed by atoms with van der Waals surface area (Å²) in [5.41, 5.74) is 0.0198. The van der Waals surface area contributed by atoms with Gasteiger partial charge in [-0.3, -0.25) is 0 Å². The van der Waals surface area contributed by atoms with Crippen LogP contribution in [0.2, 0.25) is 5.28 Å². The average molecular weight is 275 g/mol. The molecule has 102 valence electrons. The lowest BCUT2D eigenvalue weighted by Gasteiger charge is -2.46. The van der Waals surface area contributed by atoms with Gasteiger partial charge in [0.05, 0.1) is 0 Å². The lowest BCUT2D eigenvalue weighted by Crippen LogP contribution is -2.60. The van der Waals surface area contributed by atoms with Crippen molar-refractivity contribution in [3.63, 3.8) is 0 Å². The maximum Gasteiger partial charge on any atom is 0.236 e. The molecule has 0 atom stereocenters. The first-order chi connectivity index (χ1) is 8.17. The Labute approximate surface area is 112 Å². The minimum atomic E-state index is -0.505. The number of hydrogen-bond donors (Lipinski definition) is 3. The fourth-order valence-corrected chi connectivity index (χ4v) is 3.21. The predicted molar refractivity (Wildman–Crippen MR) is 71.5 cm³/mol. The number of anilines is 1. The van der Waals surface area contributed by atoms with E-state index in [9.17, 15) is 4.39 Å². The highest BCUT2D eigenvalue weighted by molar-refractivity contribution is 6.28. The van der Waals surface area contributed by atoms with Crippen LogP contribution in [-0.2, 0) is 0 Å². The molecule has 3 N–H and O–H groups in total. The zero-order valence-corrected chi connectivity index (χ0v) is 12.0. The summed E-state index contributed by atoms with van der Waals surface area (Å²) < 4.78 is 13.5. The molecule has 4 nitrogen and oxygen atoms in total. The second-order valence-electron chi connectivity index (χ2n) is 6.33. The van der Waals surface area contributed by atoms with Crippen LogP contribution >= 0.6 is 11.6 Å². The molecular formula is C12H20ClFN4. The van der Waals surface area contributed by atoms with Crippen molar-refractivity contribution < 1.29 is 4.39 Å². The number of aromatic amines is 1. The molecule has 0 aliphatic carbocycles. The molecule has 2 heterocycles. The number of rotatable bonds is 2. The highest BCUT2D eigenvalue weighted by Gasteiger charge is 2.38. The third-order valence-corrected chi connectivity index (χ3v) is 3.34. The lowest BCUT2D eigenvalue weighted by atomic mass is 9.79. The van der Waals surface area contributed by atoms with E-state index in [1.807, 2.05) is 0 Å². The SMILES string of the molecule is CC1(C)CC(Nc2nc(Cl)[nH]c2F)CC(C)(C)N1. The van der Waals surface area contributed by atoms with E-state index < -0.39 is 5.95 Å². The van der Waals surface area contributed by atoms with Gasteiger partial charge in [0.1, 0.15) is 0 Å². The van der Waals surface area contributed by atoms with Crippen LogP contribution in [0.4, 0.5) is 10.2 Å². The number of piperidine rings is 1. The van der Waals surface area contributed by atoms with Crippen molar-refractivity contribution in [3.05, 3.63) is 11.2 Å². The number of nitrogens with zero attached hydrogens (tertiary/aromatic N) is 1. The van der Waals surface area contributed by atoms with Gasteiger partial charge < -0.3 is 15.6 Å². The molecule has 6 heteroatoms. The highest BCUT2D eigenvalue weighted by Crippen LogP contribution is 2.30. The normalized spacial score (nSPS) is 23.0. The molecule has 1 aromatic rings. The Bertz CT molecular complexity index is 425. The summed E-state index contributed by atoms with van der Waals surface area (Å²) in [6.45, 7) is 8.60. The topological polar surface area (TPSA) is 52.7 Å². The van der Waals surface area contributed by atoms with Gasteiger partial charge in [-0.05, 0) is 52.1 Å². The van der Waals surface area contributed by atoms with Crippen molar-refractivity contribution >= 4 is 17.4 Å². The van der Waals surface area contributed by atoms with Gasteiger partial charge in [0.25, 0.3) is 0 Å². The summed E-state index contributed by atoms with van der Waals surface area (Å²) in [5, 5.41) is 6.79. The van der Waals surface area contributed by atoms with E-state index in [1.165, 1.54) is 0 Å². The number of halogens is 2. The van der Waals surface area contributed by atoms with Gasteiger partial charge in [-0.25, -0.2) is 0 Å². The minimum absolute atomic E-state index is 0.00992. The molecule has 0 saturated carbocycles. The molecule has 0 unspecified atom stereocenters. The van der Waals surface area contributed by atoms with E-state index in [-0.39, 0.29) is 28.2 Å². The zero-order chi connectivity index (χ0) is 13.6. The van der Waals surface area contributed by atoms with Gasteiger partial charge in [0.15, 0.2) is 5.82 Å². The van der Waals surface area contributed by atoms with Crippen LogP contribution in [-0.4, -0.2) is 27.1 Å². The van der Waals surface area contributed by atoms with Gasteiger partial charge in [-0.1, -0.05) is 0 Å². The monoisotopic (exact) mass is 274 g/mol. The van der Waals surface area contributed by atoms with E-state index in [0.717, 1.165) is 12.8 Å². The van der Waals surface area contributed by atoms with Crippen molar-refractivity contribution in [3.8, 4) is 0 Å². The van der Waals surface area contributed by atoms with Gasteiger partial charge in [0.2, 0.25) is 11.2 Å². The fourth-order valence-electron chi connectivity index (χ4n) is 3.04. The number of H-pyrrole nitrogens is 1. The first-order valence-corrected chi connectivity index (χ1v) is 6.52. The second kappa shape index (κ2) is 4.38. The third-order valence-electron chi connectivity index (χ3n) is 3.16. The average Bonchev–Trinajstić information content (AvgIpc) is 2.38. The predicted octanol–water partition coefficient (Wildman–Crippen LogP) is 2.92. The van der Waals surface area contributed by atoms with Crippen LogP contribution in [0.5, 0.6) is 0 Å². The van der Waals surface area contributed by atoms with E-state index in [4.69, 9.17) is 11.6 Å². The van der Waals surface area contributed by atoms with Crippen molar-refractivity contribution in [2.24, 2.45) is 0 Å². The maximum absolute atomic E-state index is 13.5. The smallest absolute Gasteiger partial charge is 0.236 e. The zero-order valence-electron chi connectivity index (χ0n) is 11.2. The lowest BCUT2D eigenvalue weighted by molar-refractivity contribution is 0.170. The summed E-state index contributed by atoms with van der Waals surface area (Å²) in [7, 11) is 0. The summed E-state index contributed by atoms with van der Waals surface area (Å²) in [6.07, 6.45) is 1.81. The molecule has 1 saturated heterocycles. The van der Waals surface area contributed by atoms with Crippen LogP contribution in [0.3, 0.4) is 0 Å². The largest absolute Gasteiger partial charge is 0.363 e. The Morgan fingerprint density at radius 3 is 2.28 bits per heavy atom.